The van der Waals surface area contributed by atoms with E-state index in [1.165, 1.54) is 35.6 Å². The molecule has 9 nitrogen and oxygen atoms in total. The maximum Gasteiger partial charge on any atom is 0.335 e. The number of carbonyl (C=O) groups is 2. The van der Waals surface area contributed by atoms with Gasteiger partial charge in [-0.25, -0.2) is 9.59 Å². The van der Waals surface area contributed by atoms with E-state index >= 15 is 0 Å². The summed E-state index contributed by atoms with van der Waals surface area (Å²) in [4.78, 5) is 26.5. The van der Waals surface area contributed by atoms with Crippen molar-refractivity contribution < 1.29 is 19.8 Å². The summed E-state index contributed by atoms with van der Waals surface area (Å²) in [6.45, 7) is 0. The number of hydrogen-bond donors (Lipinski definition) is 2. The highest BCUT2D eigenvalue weighted by Crippen LogP contribution is 2.40. The first kappa shape index (κ1) is 29.0. The fourth-order valence-corrected chi connectivity index (χ4v) is 6.40. The molecule has 2 heterocycles. The molecular formula is C34H19N5O4S2. The topological polar surface area (TPSA) is 151 Å². The number of aromatic carboxylic acids is 2. The largest absolute Gasteiger partial charge is 0.478 e. The molecule has 11 heteroatoms. The first-order valence-electron chi connectivity index (χ1n) is 13.3. The SMILES string of the molecule is N#CC(C#N)=Cc1ccc(-c2ccc(-c3ccc(N(c4ccc(C(=O)O)cc4)c4ccc(C(=O)O)cc4)cc3)c3nsnc23)s1. The maximum atomic E-state index is 11.4. The molecular weight excluding hydrogens is 607 g/mol. The van der Waals surface area contributed by atoms with Crippen LogP contribution in [0.1, 0.15) is 25.6 Å². The van der Waals surface area contributed by atoms with E-state index in [0.717, 1.165) is 54.9 Å². The number of rotatable bonds is 8. The predicted molar refractivity (Wildman–Crippen MR) is 174 cm³/mol. The van der Waals surface area contributed by atoms with Crippen LogP contribution in [0, 0.1) is 22.7 Å². The number of fused-ring (bicyclic) bond motifs is 1. The lowest BCUT2D eigenvalue weighted by molar-refractivity contribution is 0.0686. The van der Waals surface area contributed by atoms with E-state index in [2.05, 4.69) is 8.75 Å². The van der Waals surface area contributed by atoms with Gasteiger partial charge in [0.15, 0.2) is 0 Å². The Morgan fingerprint density at radius 1 is 0.667 bits per heavy atom. The van der Waals surface area contributed by atoms with Gasteiger partial charge in [0.05, 0.1) is 22.9 Å². The van der Waals surface area contributed by atoms with E-state index in [9.17, 15) is 19.8 Å². The Kier molecular flexibility index (Phi) is 7.87. The smallest absolute Gasteiger partial charge is 0.335 e. The molecule has 0 amide bonds. The molecule has 0 bridgehead atoms. The molecule has 216 valence electrons. The van der Waals surface area contributed by atoms with Crippen LogP contribution in [0.2, 0.25) is 0 Å². The number of carboxylic acids is 2. The molecule has 0 fully saturated rings. The number of anilines is 3. The minimum Gasteiger partial charge on any atom is -0.478 e. The third kappa shape index (κ3) is 5.77. The highest BCUT2D eigenvalue weighted by atomic mass is 32.1. The van der Waals surface area contributed by atoms with Gasteiger partial charge < -0.3 is 15.1 Å². The Bertz CT molecular complexity index is 2110. The van der Waals surface area contributed by atoms with Gasteiger partial charge in [-0.1, -0.05) is 24.3 Å². The Morgan fingerprint density at radius 3 is 1.67 bits per heavy atom. The van der Waals surface area contributed by atoms with Crippen LogP contribution in [0.3, 0.4) is 0 Å². The average Bonchev–Trinajstić information content (AvgIpc) is 3.75. The Labute approximate surface area is 264 Å². The summed E-state index contributed by atoms with van der Waals surface area (Å²) >= 11 is 2.58. The third-order valence-electron chi connectivity index (χ3n) is 7.02. The van der Waals surface area contributed by atoms with Crippen LogP contribution in [0.5, 0.6) is 0 Å². The van der Waals surface area contributed by atoms with Crippen LogP contribution in [0.25, 0.3) is 38.7 Å². The van der Waals surface area contributed by atoms with Crippen molar-refractivity contribution in [3.8, 4) is 33.7 Å². The molecule has 0 unspecified atom stereocenters. The van der Waals surface area contributed by atoms with Crippen molar-refractivity contribution in [1.82, 2.24) is 8.75 Å². The lowest BCUT2D eigenvalue weighted by atomic mass is 10.00. The van der Waals surface area contributed by atoms with Crippen LogP contribution >= 0.6 is 23.1 Å². The number of allylic oxidation sites excluding steroid dienone is 1. The summed E-state index contributed by atoms with van der Waals surface area (Å²) < 4.78 is 9.16. The monoisotopic (exact) mass is 625 g/mol. The lowest BCUT2D eigenvalue weighted by Gasteiger charge is -2.26. The maximum absolute atomic E-state index is 11.4. The highest BCUT2D eigenvalue weighted by Gasteiger charge is 2.17. The van der Waals surface area contributed by atoms with Crippen molar-refractivity contribution >= 4 is 69.2 Å². The number of hydrogen-bond acceptors (Lipinski definition) is 9. The van der Waals surface area contributed by atoms with Crippen molar-refractivity contribution in [1.29, 1.82) is 10.5 Å². The van der Waals surface area contributed by atoms with Crippen molar-refractivity contribution in [2.24, 2.45) is 0 Å². The van der Waals surface area contributed by atoms with E-state index < -0.39 is 11.9 Å². The molecule has 6 rings (SSSR count). The van der Waals surface area contributed by atoms with Crippen LogP contribution in [0.15, 0.2) is 103 Å². The number of carboxylic acid groups (broad SMARTS) is 2. The molecule has 4 aromatic carbocycles. The summed E-state index contributed by atoms with van der Waals surface area (Å²) in [5.41, 5.74) is 6.74. The Balaban J connectivity index is 1.37. The number of benzene rings is 4. The number of nitrogens with zero attached hydrogens (tertiary/aromatic N) is 5. The molecule has 0 aliphatic heterocycles. The Hall–Kier alpha value is -6.14. The minimum atomic E-state index is -1.03. The average molecular weight is 626 g/mol. The van der Waals surface area contributed by atoms with Crippen LogP contribution in [0.4, 0.5) is 17.1 Å². The second-order valence-electron chi connectivity index (χ2n) is 9.69. The predicted octanol–water partition coefficient (Wildman–Crippen LogP) is 8.38. The van der Waals surface area contributed by atoms with E-state index in [-0.39, 0.29) is 16.7 Å². The van der Waals surface area contributed by atoms with Gasteiger partial charge in [0.1, 0.15) is 28.7 Å². The Morgan fingerprint density at radius 2 is 1.16 bits per heavy atom. The number of nitriles is 2. The second kappa shape index (κ2) is 12.2. The zero-order valence-corrected chi connectivity index (χ0v) is 24.7. The van der Waals surface area contributed by atoms with E-state index in [0.29, 0.717) is 11.4 Å². The third-order valence-corrected chi connectivity index (χ3v) is 8.61. The molecule has 0 saturated carbocycles. The molecule has 0 atom stereocenters. The normalized spacial score (nSPS) is 10.5. The molecule has 0 aliphatic rings. The van der Waals surface area contributed by atoms with Crippen LogP contribution < -0.4 is 4.90 Å². The first-order valence-corrected chi connectivity index (χ1v) is 14.9. The zero-order valence-electron chi connectivity index (χ0n) is 23.1. The van der Waals surface area contributed by atoms with Crippen molar-refractivity contribution in [3.05, 3.63) is 119 Å². The van der Waals surface area contributed by atoms with Gasteiger partial charge in [-0.15, -0.1) is 11.3 Å². The molecule has 6 aromatic rings. The van der Waals surface area contributed by atoms with Gasteiger partial charge in [0.2, 0.25) is 0 Å². The van der Waals surface area contributed by atoms with Crippen LogP contribution in [-0.4, -0.2) is 30.9 Å². The minimum absolute atomic E-state index is 0.0378. The molecule has 45 heavy (non-hydrogen) atoms. The summed E-state index contributed by atoms with van der Waals surface area (Å²) in [6.07, 6.45) is 1.56. The van der Waals surface area contributed by atoms with Gasteiger partial charge in [-0.2, -0.15) is 19.3 Å². The first-order chi connectivity index (χ1) is 21.9. The summed E-state index contributed by atoms with van der Waals surface area (Å²) in [6, 6.07) is 32.3. The van der Waals surface area contributed by atoms with E-state index in [4.69, 9.17) is 10.5 Å². The zero-order chi connectivity index (χ0) is 31.5. The van der Waals surface area contributed by atoms with Gasteiger partial charge >= 0.3 is 11.9 Å². The lowest BCUT2D eigenvalue weighted by Crippen LogP contribution is -2.10. The quantitative estimate of drug-likeness (QED) is 0.159. The highest BCUT2D eigenvalue weighted by molar-refractivity contribution is 7.16. The summed E-state index contributed by atoms with van der Waals surface area (Å²) in [5, 5.41) is 36.9. The summed E-state index contributed by atoms with van der Waals surface area (Å²) in [7, 11) is 0. The van der Waals surface area contributed by atoms with Crippen LogP contribution in [-0.2, 0) is 0 Å². The van der Waals surface area contributed by atoms with Gasteiger partial charge in [0, 0.05) is 37.9 Å². The molecule has 0 spiro atoms. The molecule has 0 saturated heterocycles. The molecule has 0 aliphatic carbocycles. The molecule has 2 N–H and O–H groups in total. The molecule has 0 radical (unpaired) electrons. The van der Waals surface area contributed by atoms with E-state index in [1.807, 2.05) is 65.6 Å². The number of thiophene rings is 1. The van der Waals surface area contributed by atoms with Gasteiger partial charge in [0.25, 0.3) is 0 Å². The standard InChI is InChI=1S/C34H19N5O4S2/c35-18-20(19-36)17-27-13-16-30(44-27)29-15-14-28(31-32(29)38-45-37-31)21-1-7-24(8-2-21)39(25-9-3-22(4-10-25)33(40)41)26-11-5-23(6-12-26)34(42)43/h1-17H,(H,40,41)(H,42,43). The van der Waals surface area contributed by atoms with Crippen molar-refractivity contribution in [2.45, 2.75) is 0 Å². The fourth-order valence-electron chi connectivity index (χ4n) is 4.85. The van der Waals surface area contributed by atoms with E-state index in [1.54, 1.807) is 30.3 Å². The number of aromatic nitrogens is 2. The van der Waals surface area contributed by atoms with Crippen molar-refractivity contribution in [2.75, 3.05) is 4.90 Å². The van der Waals surface area contributed by atoms with Gasteiger partial charge in [-0.3, -0.25) is 0 Å². The van der Waals surface area contributed by atoms with Gasteiger partial charge in [-0.05, 0) is 84.4 Å². The molecule has 2 aromatic heterocycles. The summed E-state index contributed by atoms with van der Waals surface area (Å²) in [5.74, 6) is -2.05. The fraction of sp³-hybridized carbons (Fsp3) is 0. The second-order valence-corrected chi connectivity index (χ2v) is 11.3. The van der Waals surface area contributed by atoms with Crippen molar-refractivity contribution in [3.63, 3.8) is 0 Å².